The van der Waals surface area contributed by atoms with Gasteiger partial charge in [0, 0.05) is 36.8 Å². The predicted octanol–water partition coefficient (Wildman–Crippen LogP) is 2.28. The molecule has 25 heavy (non-hydrogen) atoms. The number of likely N-dealkylation sites (tertiary alicyclic amines) is 1. The Labute approximate surface area is 149 Å². The normalized spacial score (nSPS) is 24.5. The van der Waals surface area contributed by atoms with Crippen LogP contribution in [0.2, 0.25) is 0 Å². The molecule has 1 fully saturated rings. The molecule has 3 rings (SSSR count). The molecule has 1 aliphatic rings. The molecule has 1 aromatic heterocycles. The summed E-state index contributed by atoms with van der Waals surface area (Å²) in [6.45, 7) is 5.34. The van der Waals surface area contributed by atoms with Crippen LogP contribution in [-0.2, 0) is 13.1 Å². The van der Waals surface area contributed by atoms with Gasteiger partial charge >= 0.3 is 0 Å². The van der Waals surface area contributed by atoms with Gasteiger partial charge in [0.25, 0.3) is 0 Å². The van der Waals surface area contributed by atoms with E-state index in [2.05, 4.69) is 35.3 Å². The zero-order chi connectivity index (χ0) is 17.7. The van der Waals surface area contributed by atoms with Crippen molar-refractivity contribution in [2.45, 2.75) is 45.4 Å². The molecule has 0 aliphatic carbocycles. The number of hydrogen-bond acceptors (Lipinski definition) is 4. The van der Waals surface area contributed by atoms with E-state index in [9.17, 15) is 10.2 Å². The van der Waals surface area contributed by atoms with Crippen molar-refractivity contribution in [3.8, 4) is 0 Å². The van der Waals surface area contributed by atoms with Crippen LogP contribution in [0, 0.1) is 5.41 Å². The zero-order valence-electron chi connectivity index (χ0n) is 15.0. The Kier molecular flexibility index (Phi) is 5.89. The largest absolute Gasteiger partial charge is 0.396 e. The van der Waals surface area contributed by atoms with Crippen LogP contribution in [0.4, 0.5) is 0 Å². The molecule has 1 aromatic carbocycles. The Morgan fingerprint density at radius 3 is 2.72 bits per heavy atom. The minimum Gasteiger partial charge on any atom is -0.396 e. The quantitative estimate of drug-likeness (QED) is 0.810. The zero-order valence-corrected chi connectivity index (χ0v) is 15.0. The van der Waals surface area contributed by atoms with Gasteiger partial charge in [0.2, 0.25) is 0 Å². The van der Waals surface area contributed by atoms with Gasteiger partial charge < -0.3 is 10.2 Å². The molecule has 1 saturated heterocycles. The Morgan fingerprint density at radius 2 is 2.00 bits per heavy atom. The molecule has 0 saturated carbocycles. The SMILES string of the molecule is CCC[C@@]1(CO)CN(Cc2cnn(Cc3ccccc3)c2)CC[C@@H]1O. The summed E-state index contributed by atoms with van der Waals surface area (Å²) in [4.78, 5) is 2.34. The second-order valence-corrected chi connectivity index (χ2v) is 7.32. The minimum atomic E-state index is -0.408. The second-order valence-electron chi connectivity index (χ2n) is 7.32. The summed E-state index contributed by atoms with van der Waals surface area (Å²) in [6, 6.07) is 10.3. The summed E-state index contributed by atoms with van der Waals surface area (Å²) in [5.74, 6) is 0. The smallest absolute Gasteiger partial charge is 0.0659 e. The fourth-order valence-electron chi connectivity index (χ4n) is 3.96. The molecule has 1 aliphatic heterocycles. The Bertz CT molecular complexity index is 658. The standard InChI is InChI=1S/C20H29N3O2/c1-2-9-20(16-24)15-22(10-8-19(20)25)12-18-11-21-23(14-18)13-17-6-4-3-5-7-17/h3-7,11,14,19,24-25H,2,8-10,12-13,15-16H2,1H3/t19-,20-/m0/s1. The number of aliphatic hydroxyl groups is 2. The average Bonchev–Trinajstić information content (AvgIpc) is 3.06. The number of aliphatic hydroxyl groups excluding tert-OH is 2. The van der Waals surface area contributed by atoms with E-state index in [1.165, 1.54) is 11.1 Å². The van der Waals surface area contributed by atoms with Crippen molar-refractivity contribution >= 4 is 0 Å². The van der Waals surface area contributed by atoms with Crippen molar-refractivity contribution < 1.29 is 10.2 Å². The molecule has 2 heterocycles. The number of hydrogen-bond donors (Lipinski definition) is 2. The van der Waals surface area contributed by atoms with Gasteiger partial charge in [0.15, 0.2) is 0 Å². The van der Waals surface area contributed by atoms with Crippen molar-refractivity contribution in [2.24, 2.45) is 5.41 Å². The minimum absolute atomic E-state index is 0.0474. The van der Waals surface area contributed by atoms with Crippen LogP contribution in [0.25, 0.3) is 0 Å². The van der Waals surface area contributed by atoms with Crippen LogP contribution in [0.1, 0.15) is 37.3 Å². The van der Waals surface area contributed by atoms with Gasteiger partial charge in [-0.1, -0.05) is 43.7 Å². The second kappa shape index (κ2) is 8.13. The average molecular weight is 343 g/mol. The summed E-state index contributed by atoms with van der Waals surface area (Å²) in [5.41, 5.74) is 2.03. The van der Waals surface area contributed by atoms with E-state index in [-0.39, 0.29) is 12.0 Å². The summed E-state index contributed by atoms with van der Waals surface area (Å²) in [5, 5.41) is 24.8. The first kappa shape index (κ1) is 18.1. The lowest BCUT2D eigenvalue weighted by atomic mass is 9.74. The van der Waals surface area contributed by atoms with Crippen molar-refractivity contribution in [3.05, 3.63) is 53.9 Å². The summed E-state index contributed by atoms with van der Waals surface area (Å²) < 4.78 is 1.97. The molecule has 2 aromatic rings. The Balaban J connectivity index is 1.62. The van der Waals surface area contributed by atoms with Gasteiger partial charge in [-0.2, -0.15) is 5.10 Å². The summed E-state index contributed by atoms with van der Waals surface area (Å²) in [7, 11) is 0. The van der Waals surface area contributed by atoms with E-state index in [1.54, 1.807) is 0 Å². The van der Waals surface area contributed by atoms with Crippen molar-refractivity contribution in [2.75, 3.05) is 19.7 Å². The fraction of sp³-hybridized carbons (Fsp3) is 0.550. The molecule has 2 atom stereocenters. The maximum absolute atomic E-state index is 10.4. The summed E-state index contributed by atoms with van der Waals surface area (Å²) in [6.07, 6.45) is 6.16. The highest BCUT2D eigenvalue weighted by Gasteiger charge is 2.41. The number of nitrogens with zero attached hydrogens (tertiary/aromatic N) is 3. The van der Waals surface area contributed by atoms with E-state index in [0.717, 1.165) is 45.4 Å². The first-order valence-electron chi connectivity index (χ1n) is 9.22. The highest BCUT2D eigenvalue weighted by atomic mass is 16.3. The molecule has 0 bridgehead atoms. The van der Waals surface area contributed by atoms with Crippen LogP contribution < -0.4 is 0 Å². The monoisotopic (exact) mass is 343 g/mol. The van der Waals surface area contributed by atoms with Gasteiger partial charge in [-0.15, -0.1) is 0 Å². The maximum atomic E-state index is 10.4. The first-order valence-corrected chi connectivity index (χ1v) is 9.22. The molecule has 2 N–H and O–H groups in total. The highest BCUT2D eigenvalue weighted by Crippen LogP contribution is 2.35. The number of rotatable bonds is 7. The number of piperidine rings is 1. The van der Waals surface area contributed by atoms with Gasteiger partial charge in [0.1, 0.15) is 0 Å². The Hall–Kier alpha value is -1.69. The van der Waals surface area contributed by atoms with Crippen molar-refractivity contribution in [3.63, 3.8) is 0 Å². The van der Waals surface area contributed by atoms with Crippen LogP contribution >= 0.6 is 0 Å². The van der Waals surface area contributed by atoms with Gasteiger partial charge in [-0.25, -0.2) is 0 Å². The molecule has 0 amide bonds. The van der Waals surface area contributed by atoms with Gasteiger partial charge in [0.05, 0.1) is 25.5 Å². The topological polar surface area (TPSA) is 61.5 Å². The Morgan fingerprint density at radius 1 is 1.20 bits per heavy atom. The lowest BCUT2D eigenvalue weighted by Crippen LogP contribution is -2.53. The van der Waals surface area contributed by atoms with Crippen molar-refractivity contribution in [1.82, 2.24) is 14.7 Å². The predicted molar refractivity (Wildman–Crippen MR) is 98.1 cm³/mol. The number of aromatic nitrogens is 2. The lowest BCUT2D eigenvalue weighted by Gasteiger charge is -2.45. The van der Waals surface area contributed by atoms with Crippen LogP contribution in [0.3, 0.4) is 0 Å². The van der Waals surface area contributed by atoms with Crippen LogP contribution in [-0.4, -0.2) is 50.7 Å². The lowest BCUT2D eigenvalue weighted by molar-refractivity contribution is -0.0819. The summed E-state index contributed by atoms with van der Waals surface area (Å²) >= 11 is 0. The van der Waals surface area contributed by atoms with Crippen LogP contribution in [0.15, 0.2) is 42.7 Å². The third kappa shape index (κ3) is 4.29. The fourth-order valence-corrected chi connectivity index (χ4v) is 3.96. The number of benzene rings is 1. The van der Waals surface area contributed by atoms with E-state index >= 15 is 0 Å². The highest BCUT2D eigenvalue weighted by molar-refractivity contribution is 5.15. The molecule has 5 heteroatoms. The molecule has 5 nitrogen and oxygen atoms in total. The van der Waals surface area contributed by atoms with Gasteiger partial charge in [-0.3, -0.25) is 9.58 Å². The third-order valence-electron chi connectivity index (χ3n) is 5.31. The van der Waals surface area contributed by atoms with E-state index in [0.29, 0.717) is 0 Å². The van der Waals surface area contributed by atoms with E-state index < -0.39 is 6.10 Å². The molecule has 0 spiro atoms. The molecule has 0 unspecified atom stereocenters. The first-order chi connectivity index (χ1) is 12.1. The third-order valence-corrected chi connectivity index (χ3v) is 5.31. The molecular weight excluding hydrogens is 314 g/mol. The van der Waals surface area contributed by atoms with Crippen LogP contribution in [0.5, 0.6) is 0 Å². The molecule has 136 valence electrons. The van der Waals surface area contributed by atoms with Crippen molar-refractivity contribution in [1.29, 1.82) is 0 Å². The van der Waals surface area contributed by atoms with E-state index in [4.69, 9.17) is 0 Å². The van der Waals surface area contributed by atoms with Gasteiger partial charge in [-0.05, 0) is 18.4 Å². The van der Waals surface area contributed by atoms with E-state index in [1.807, 2.05) is 29.1 Å². The molecule has 0 radical (unpaired) electrons. The molecular formula is C20H29N3O2. The maximum Gasteiger partial charge on any atom is 0.0659 e.